The van der Waals surface area contributed by atoms with Crippen molar-refractivity contribution in [3.05, 3.63) is 11.1 Å². The van der Waals surface area contributed by atoms with Crippen LogP contribution in [0.5, 0.6) is 0 Å². The average molecular weight is 339 g/mol. The molecule has 1 heterocycles. The number of carbonyl (C=O) groups is 3. The lowest BCUT2D eigenvalue weighted by Crippen LogP contribution is -2.35. The first-order valence-electron chi connectivity index (χ1n) is 8.52. The predicted octanol–water partition coefficient (Wildman–Crippen LogP) is 1.98. The van der Waals surface area contributed by atoms with E-state index < -0.39 is 0 Å². The molecular formula is C18H29NO5. The number of rotatable bonds is 11. The van der Waals surface area contributed by atoms with Crippen molar-refractivity contribution in [2.75, 3.05) is 33.0 Å². The van der Waals surface area contributed by atoms with Crippen molar-refractivity contribution in [3.8, 4) is 0 Å². The molecule has 0 spiro atoms. The normalized spacial score (nSPS) is 15.4. The maximum atomic E-state index is 12.2. The first-order chi connectivity index (χ1) is 11.3. The van der Waals surface area contributed by atoms with E-state index >= 15 is 0 Å². The Kier molecular flexibility index (Phi) is 8.28. The molecule has 6 nitrogen and oxygen atoms in total. The second-order valence-corrected chi connectivity index (χ2v) is 6.55. The van der Waals surface area contributed by atoms with Gasteiger partial charge in [-0.3, -0.25) is 19.3 Å². The SMILES string of the molecule is CC1=C(C(C)C)C(=O)N(CCOCCOCCC(=O)C(C)C)C1=O. The molecule has 0 N–H and O–H groups in total. The zero-order valence-electron chi connectivity index (χ0n) is 15.4. The van der Waals surface area contributed by atoms with Gasteiger partial charge in [-0.2, -0.15) is 0 Å². The summed E-state index contributed by atoms with van der Waals surface area (Å²) in [5, 5.41) is 0. The van der Waals surface area contributed by atoms with Crippen molar-refractivity contribution >= 4 is 17.6 Å². The molecule has 0 radical (unpaired) electrons. The van der Waals surface area contributed by atoms with Gasteiger partial charge in [-0.15, -0.1) is 0 Å². The fourth-order valence-corrected chi connectivity index (χ4v) is 2.54. The molecule has 0 saturated heterocycles. The van der Waals surface area contributed by atoms with E-state index in [2.05, 4.69) is 0 Å². The maximum absolute atomic E-state index is 12.2. The van der Waals surface area contributed by atoms with Crippen LogP contribution in [0.1, 0.15) is 41.0 Å². The van der Waals surface area contributed by atoms with Crippen molar-refractivity contribution in [3.63, 3.8) is 0 Å². The Morgan fingerprint density at radius 1 is 0.958 bits per heavy atom. The van der Waals surface area contributed by atoms with Crippen molar-refractivity contribution < 1.29 is 23.9 Å². The van der Waals surface area contributed by atoms with Gasteiger partial charge < -0.3 is 9.47 Å². The molecule has 1 rings (SSSR count). The molecule has 0 bridgehead atoms. The van der Waals surface area contributed by atoms with E-state index in [1.165, 1.54) is 4.90 Å². The number of hydrogen-bond acceptors (Lipinski definition) is 5. The van der Waals surface area contributed by atoms with Crippen LogP contribution in [0.3, 0.4) is 0 Å². The summed E-state index contributed by atoms with van der Waals surface area (Å²) in [6.45, 7) is 10.9. The van der Waals surface area contributed by atoms with Gasteiger partial charge in [0.25, 0.3) is 11.8 Å². The highest BCUT2D eigenvalue weighted by Gasteiger charge is 2.36. The molecule has 1 aliphatic heterocycles. The van der Waals surface area contributed by atoms with Crippen LogP contribution in [0.2, 0.25) is 0 Å². The molecule has 1 aliphatic rings. The van der Waals surface area contributed by atoms with Gasteiger partial charge in [0.2, 0.25) is 0 Å². The maximum Gasteiger partial charge on any atom is 0.257 e. The second kappa shape index (κ2) is 9.69. The summed E-state index contributed by atoms with van der Waals surface area (Å²) in [5.41, 5.74) is 1.13. The summed E-state index contributed by atoms with van der Waals surface area (Å²) in [6, 6.07) is 0. The van der Waals surface area contributed by atoms with Crippen LogP contribution in [-0.4, -0.2) is 55.5 Å². The number of carbonyl (C=O) groups excluding carboxylic acids is 3. The van der Waals surface area contributed by atoms with Gasteiger partial charge in [-0.05, 0) is 12.8 Å². The molecule has 0 aromatic rings. The summed E-state index contributed by atoms with van der Waals surface area (Å²) >= 11 is 0. The fraction of sp³-hybridized carbons (Fsp3) is 0.722. The summed E-state index contributed by atoms with van der Waals surface area (Å²) in [7, 11) is 0. The summed E-state index contributed by atoms with van der Waals surface area (Å²) in [5.74, 6) is -0.177. The van der Waals surface area contributed by atoms with Gasteiger partial charge in [0.05, 0.1) is 33.0 Å². The molecule has 0 fully saturated rings. The number of hydrogen-bond donors (Lipinski definition) is 0. The first kappa shape index (κ1) is 20.5. The highest BCUT2D eigenvalue weighted by atomic mass is 16.5. The van der Waals surface area contributed by atoms with E-state index in [4.69, 9.17) is 9.47 Å². The van der Waals surface area contributed by atoms with E-state index in [-0.39, 0.29) is 42.6 Å². The Bertz CT molecular complexity index is 508. The van der Waals surface area contributed by atoms with Crippen LogP contribution in [0.4, 0.5) is 0 Å². The average Bonchev–Trinajstić information content (AvgIpc) is 2.72. The molecule has 0 saturated carbocycles. The molecule has 2 amide bonds. The number of ether oxygens (including phenoxy) is 2. The van der Waals surface area contributed by atoms with Gasteiger partial charge in [-0.25, -0.2) is 0 Å². The van der Waals surface area contributed by atoms with Gasteiger partial charge >= 0.3 is 0 Å². The number of nitrogens with zero attached hydrogens (tertiary/aromatic N) is 1. The largest absolute Gasteiger partial charge is 0.379 e. The summed E-state index contributed by atoms with van der Waals surface area (Å²) in [4.78, 5) is 37.0. The molecule has 0 aliphatic carbocycles. The van der Waals surface area contributed by atoms with Gasteiger partial charge in [0.15, 0.2) is 0 Å². The van der Waals surface area contributed by atoms with E-state index in [1.807, 2.05) is 27.7 Å². The molecule has 0 aromatic carbocycles. The zero-order chi connectivity index (χ0) is 18.3. The topological polar surface area (TPSA) is 72.9 Å². The Morgan fingerprint density at radius 3 is 2.04 bits per heavy atom. The number of Topliss-reactive ketones (excluding diaryl/α,β-unsaturated/α-hetero) is 1. The zero-order valence-corrected chi connectivity index (χ0v) is 15.4. The smallest absolute Gasteiger partial charge is 0.257 e. The Morgan fingerprint density at radius 2 is 1.54 bits per heavy atom. The van der Waals surface area contributed by atoms with Crippen molar-refractivity contribution in [2.24, 2.45) is 11.8 Å². The number of amides is 2. The highest BCUT2D eigenvalue weighted by Crippen LogP contribution is 2.25. The Balaban J connectivity index is 2.18. The van der Waals surface area contributed by atoms with E-state index in [0.717, 1.165) is 0 Å². The minimum absolute atomic E-state index is 0.0354. The molecule has 0 unspecified atom stereocenters. The third-order valence-corrected chi connectivity index (χ3v) is 3.99. The van der Waals surface area contributed by atoms with Crippen LogP contribution in [-0.2, 0) is 23.9 Å². The molecular weight excluding hydrogens is 310 g/mol. The van der Waals surface area contributed by atoms with E-state index in [1.54, 1.807) is 6.92 Å². The number of imide groups is 1. The van der Waals surface area contributed by atoms with Crippen LogP contribution in [0.25, 0.3) is 0 Å². The third-order valence-electron chi connectivity index (χ3n) is 3.99. The van der Waals surface area contributed by atoms with E-state index in [0.29, 0.717) is 37.4 Å². The minimum Gasteiger partial charge on any atom is -0.379 e. The van der Waals surface area contributed by atoms with Crippen LogP contribution < -0.4 is 0 Å². The monoisotopic (exact) mass is 339 g/mol. The van der Waals surface area contributed by atoms with Crippen LogP contribution in [0.15, 0.2) is 11.1 Å². The molecule has 24 heavy (non-hydrogen) atoms. The second-order valence-electron chi connectivity index (χ2n) is 6.55. The Hall–Kier alpha value is -1.53. The fourth-order valence-electron chi connectivity index (χ4n) is 2.54. The van der Waals surface area contributed by atoms with Crippen LogP contribution >= 0.6 is 0 Å². The van der Waals surface area contributed by atoms with Crippen molar-refractivity contribution in [1.29, 1.82) is 0 Å². The quantitative estimate of drug-likeness (QED) is 0.425. The predicted molar refractivity (Wildman–Crippen MR) is 90.4 cm³/mol. The first-order valence-corrected chi connectivity index (χ1v) is 8.52. The highest BCUT2D eigenvalue weighted by molar-refractivity contribution is 6.19. The lowest BCUT2D eigenvalue weighted by atomic mass is 10.00. The Labute approximate surface area is 144 Å². The van der Waals surface area contributed by atoms with Crippen molar-refractivity contribution in [2.45, 2.75) is 41.0 Å². The van der Waals surface area contributed by atoms with Gasteiger partial charge in [0.1, 0.15) is 5.78 Å². The standard InChI is InChI=1S/C18H29NO5/c1-12(2)15(20)6-8-23-10-11-24-9-7-19-17(21)14(5)16(13(3)4)18(19)22/h12-13H,6-11H2,1-5H3. The number of ketones is 1. The van der Waals surface area contributed by atoms with Crippen molar-refractivity contribution in [1.82, 2.24) is 4.90 Å². The van der Waals surface area contributed by atoms with E-state index in [9.17, 15) is 14.4 Å². The lowest BCUT2D eigenvalue weighted by Gasteiger charge is -2.15. The van der Waals surface area contributed by atoms with Crippen LogP contribution in [0, 0.1) is 11.8 Å². The third kappa shape index (κ3) is 5.53. The molecule has 0 atom stereocenters. The molecule has 0 aromatic heterocycles. The molecule has 136 valence electrons. The minimum atomic E-state index is -0.226. The van der Waals surface area contributed by atoms with Gasteiger partial charge in [-0.1, -0.05) is 27.7 Å². The lowest BCUT2D eigenvalue weighted by molar-refractivity contribution is -0.138. The summed E-state index contributed by atoms with van der Waals surface area (Å²) in [6.07, 6.45) is 0.414. The van der Waals surface area contributed by atoms with Gasteiger partial charge in [0, 0.05) is 23.5 Å². The molecule has 6 heteroatoms. The summed E-state index contributed by atoms with van der Waals surface area (Å²) < 4.78 is 10.7.